The quantitative estimate of drug-likeness (QED) is 0.442. The molecule has 0 aliphatic carbocycles. The predicted molar refractivity (Wildman–Crippen MR) is 108 cm³/mol. The van der Waals surface area contributed by atoms with Crippen LogP contribution in [0.15, 0.2) is 24.3 Å². The fraction of sp³-hybridized carbons (Fsp3) is 0.727. The summed E-state index contributed by atoms with van der Waals surface area (Å²) in [4.78, 5) is 5.03. The molecule has 0 unspecified atom stereocenters. The molecule has 0 N–H and O–H groups in total. The van der Waals surface area contributed by atoms with Gasteiger partial charge in [-0.25, -0.2) is 0 Å². The molecular weight excluding hydrogens is 292 g/mol. The van der Waals surface area contributed by atoms with Crippen LogP contribution in [-0.4, -0.2) is 49.1 Å². The molecule has 0 bridgehead atoms. The first-order chi connectivity index (χ1) is 11.7. The van der Waals surface area contributed by atoms with E-state index in [-0.39, 0.29) is 0 Å². The highest BCUT2D eigenvalue weighted by Gasteiger charge is 2.01. The first-order valence-electron chi connectivity index (χ1n) is 10.3. The minimum absolute atomic E-state index is 1.18. The van der Waals surface area contributed by atoms with E-state index in [0.717, 1.165) is 0 Å². The van der Waals surface area contributed by atoms with Crippen LogP contribution in [0, 0.1) is 0 Å². The predicted octanol–water partition coefficient (Wildman–Crippen LogP) is 5.02. The van der Waals surface area contributed by atoms with Crippen molar-refractivity contribution in [1.82, 2.24) is 9.80 Å². The summed E-state index contributed by atoms with van der Waals surface area (Å²) in [5.41, 5.74) is 3.00. The van der Waals surface area contributed by atoms with Gasteiger partial charge in [-0.15, -0.1) is 0 Å². The number of unbranched alkanes of at least 4 members (excludes halogenated alkanes) is 2. The normalized spacial score (nSPS) is 11.6. The summed E-state index contributed by atoms with van der Waals surface area (Å²) >= 11 is 0. The molecule has 24 heavy (non-hydrogen) atoms. The Morgan fingerprint density at radius 2 is 0.875 bits per heavy atom. The largest absolute Gasteiger partial charge is 0.304 e. The van der Waals surface area contributed by atoms with Gasteiger partial charge < -0.3 is 9.80 Å². The van der Waals surface area contributed by atoms with Crippen molar-refractivity contribution in [3.8, 4) is 0 Å². The molecule has 1 aromatic rings. The van der Waals surface area contributed by atoms with Gasteiger partial charge in [0, 0.05) is 0 Å². The molecule has 2 heteroatoms. The van der Waals surface area contributed by atoms with Crippen LogP contribution in [0.4, 0.5) is 0 Å². The average Bonchev–Trinajstić information content (AvgIpc) is 2.63. The van der Waals surface area contributed by atoms with Crippen molar-refractivity contribution in [3.63, 3.8) is 0 Å². The number of nitrogens with zero attached hydrogens (tertiary/aromatic N) is 2. The van der Waals surface area contributed by atoms with E-state index in [0.29, 0.717) is 0 Å². The Kier molecular flexibility index (Phi) is 11.9. The Hall–Kier alpha value is -0.860. The van der Waals surface area contributed by atoms with Crippen LogP contribution in [0.25, 0.3) is 0 Å². The molecule has 0 spiro atoms. The van der Waals surface area contributed by atoms with E-state index in [2.05, 4.69) is 61.8 Å². The molecule has 2 nitrogen and oxygen atoms in total. The summed E-state index contributed by atoms with van der Waals surface area (Å²) in [6.07, 6.45) is 7.69. The average molecular weight is 333 g/mol. The molecule has 0 fully saturated rings. The molecule has 0 saturated carbocycles. The van der Waals surface area contributed by atoms with Crippen LogP contribution in [0.2, 0.25) is 0 Å². The topological polar surface area (TPSA) is 6.48 Å². The van der Waals surface area contributed by atoms with Crippen molar-refractivity contribution in [3.05, 3.63) is 35.4 Å². The number of rotatable bonds is 14. The number of hydrogen-bond acceptors (Lipinski definition) is 2. The second-order valence-corrected chi connectivity index (χ2v) is 6.78. The highest BCUT2D eigenvalue weighted by Crippen LogP contribution is 2.11. The van der Waals surface area contributed by atoms with Crippen LogP contribution in [-0.2, 0) is 12.8 Å². The molecule has 0 amide bonds. The monoisotopic (exact) mass is 332 g/mol. The smallest absolute Gasteiger partial charge is 0.00189 e. The van der Waals surface area contributed by atoms with Crippen molar-refractivity contribution < 1.29 is 0 Å². The standard InChI is InChI=1S/C22H40N2/c1-5-23(6-2)19-11-9-13-21-15-17-22(18-16-21)14-10-12-20-24(7-3)8-4/h15-18H,5-14,19-20H2,1-4H3. The molecule has 0 radical (unpaired) electrons. The molecule has 0 atom stereocenters. The molecule has 0 saturated heterocycles. The Balaban J connectivity index is 2.18. The van der Waals surface area contributed by atoms with E-state index >= 15 is 0 Å². The van der Waals surface area contributed by atoms with E-state index in [4.69, 9.17) is 0 Å². The lowest BCUT2D eigenvalue weighted by molar-refractivity contribution is 0.297. The second kappa shape index (κ2) is 13.4. The number of benzene rings is 1. The third-order valence-electron chi connectivity index (χ3n) is 5.19. The zero-order valence-electron chi connectivity index (χ0n) is 16.7. The Morgan fingerprint density at radius 3 is 1.17 bits per heavy atom. The Morgan fingerprint density at radius 1 is 0.542 bits per heavy atom. The summed E-state index contributed by atoms with van der Waals surface area (Å²) in [5.74, 6) is 0. The highest BCUT2D eigenvalue weighted by molar-refractivity contribution is 5.22. The van der Waals surface area contributed by atoms with Gasteiger partial charge in [0.15, 0.2) is 0 Å². The molecule has 1 rings (SSSR count). The number of hydrogen-bond donors (Lipinski definition) is 0. The summed E-state index contributed by atoms with van der Waals surface area (Å²) in [6.45, 7) is 16.2. The van der Waals surface area contributed by atoms with Crippen LogP contribution in [0.3, 0.4) is 0 Å². The molecule has 0 aromatic heterocycles. The van der Waals surface area contributed by atoms with E-state index in [1.54, 1.807) is 0 Å². The van der Waals surface area contributed by atoms with Gasteiger partial charge in [0.25, 0.3) is 0 Å². The van der Waals surface area contributed by atoms with Crippen LogP contribution < -0.4 is 0 Å². The minimum Gasteiger partial charge on any atom is -0.304 e. The van der Waals surface area contributed by atoms with E-state index in [9.17, 15) is 0 Å². The fourth-order valence-electron chi connectivity index (χ4n) is 3.28. The molecule has 0 aliphatic heterocycles. The summed E-state index contributed by atoms with van der Waals surface area (Å²) in [5, 5.41) is 0. The van der Waals surface area contributed by atoms with Crippen LogP contribution in [0.5, 0.6) is 0 Å². The first-order valence-corrected chi connectivity index (χ1v) is 10.3. The maximum atomic E-state index is 2.52. The summed E-state index contributed by atoms with van der Waals surface area (Å²) in [6, 6.07) is 9.38. The molecule has 1 aromatic carbocycles. The van der Waals surface area contributed by atoms with Gasteiger partial charge in [-0.3, -0.25) is 0 Å². The molecule has 0 heterocycles. The fourth-order valence-corrected chi connectivity index (χ4v) is 3.28. The first kappa shape index (κ1) is 21.2. The van der Waals surface area contributed by atoms with Gasteiger partial charge in [0.1, 0.15) is 0 Å². The highest BCUT2D eigenvalue weighted by atomic mass is 15.1. The van der Waals surface area contributed by atoms with E-state index in [1.165, 1.54) is 88.9 Å². The van der Waals surface area contributed by atoms with Gasteiger partial charge in [-0.1, -0.05) is 52.0 Å². The van der Waals surface area contributed by atoms with Crippen LogP contribution >= 0.6 is 0 Å². The Bertz CT molecular complexity index is 352. The van der Waals surface area contributed by atoms with Crippen molar-refractivity contribution in [2.45, 2.75) is 66.2 Å². The Labute approximate surface area is 151 Å². The molecular formula is C22H40N2. The molecule has 0 aliphatic rings. The van der Waals surface area contributed by atoms with Gasteiger partial charge in [0.05, 0.1) is 0 Å². The molecule has 138 valence electrons. The van der Waals surface area contributed by atoms with Crippen molar-refractivity contribution >= 4 is 0 Å². The maximum absolute atomic E-state index is 2.52. The lowest BCUT2D eigenvalue weighted by Crippen LogP contribution is -2.23. The number of aryl methyl sites for hydroxylation is 2. The minimum atomic E-state index is 1.18. The van der Waals surface area contributed by atoms with Gasteiger partial charge in [-0.05, 0) is 88.9 Å². The van der Waals surface area contributed by atoms with E-state index < -0.39 is 0 Å². The van der Waals surface area contributed by atoms with Gasteiger partial charge in [-0.2, -0.15) is 0 Å². The van der Waals surface area contributed by atoms with E-state index in [1.807, 2.05) is 0 Å². The SMILES string of the molecule is CCN(CC)CCCCc1ccc(CCCCN(CC)CC)cc1. The van der Waals surface area contributed by atoms with Gasteiger partial charge >= 0.3 is 0 Å². The van der Waals surface area contributed by atoms with Crippen LogP contribution in [0.1, 0.15) is 64.5 Å². The lowest BCUT2D eigenvalue weighted by atomic mass is 10.0. The van der Waals surface area contributed by atoms with Gasteiger partial charge in [0.2, 0.25) is 0 Å². The van der Waals surface area contributed by atoms with Crippen molar-refractivity contribution in [2.75, 3.05) is 39.3 Å². The third-order valence-corrected chi connectivity index (χ3v) is 5.19. The summed E-state index contributed by atoms with van der Waals surface area (Å²) < 4.78 is 0. The zero-order chi connectivity index (χ0) is 17.6. The third kappa shape index (κ3) is 8.84. The zero-order valence-corrected chi connectivity index (χ0v) is 16.7. The second-order valence-electron chi connectivity index (χ2n) is 6.78. The lowest BCUT2D eigenvalue weighted by Gasteiger charge is -2.17. The maximum Gasteiger partial charge on any atom is -0.00189 e. The van der Waals surface area contributed by atoms with Crippen molar-refractivity contribution in [2.24, 2.45) is 0 Å². The van der Waals surface area contributed by atoms with Crippen molar-refractivity contribution in [1.29, 1.82) is 0 Å². The summed E-state index contributed by atoms with van der Waals surface area (Å²) in [7, 11) is 0.